The molecule has 0 bridgehead atoms. The highest BCUT2D eigenvalue weighted by atomic mass is 79.9. The van der Waals surface area contributed by atoms with Crippen molar-refractivity contribution >= 4 is 33.6 Å². The number of ether oxygens (including phenoxy) is 2. The quantitative estimate of drug-likeness (QED) is 0.642. The van der Waals surface area contributed by atoms with Gasteiger partial charge in [-0.25, -0.2) is 18.4 Å². The first-order valence-electron chi connectivity index (χ1n) is 5.58. The van der Waals surface area contributed by atoms with E-state index in [4.69, 9.17) is 5.26 Å². The Morgan fingerprint density at radius 1 is 1.36 bits per heavy atom. The highest BCUT2D eigenvalue weighted by Gasteiger charge is 2.21. The van der Waals surface area contributed by atoms with Crippen LogP contribution in [0.15, 0.2) is 22.3 Å². The zero-order chi connectivity index (χ0) is 16.9. The summed E-state index contributed by atoms with van der Waals surface area (Å²) in [5, 5.41) is 11.0. The minimum atomic E-state index is -1.23. The van der Waals surface area contributed by atoms with E-state index >= 15 is 0 Å². The van der Waals surface area contributed by atoms with Gasteiger partial charge in [-0.1, -0.05) is 0 Å². The second-order valence-electron chi connectivity index (χ2n) is 3.71. The number of hydrogen-bond donors (Lipinski definition) is 1. The number of nitrogens with one attached hydrogen (secondary N) is 1. The molecule has 0 aromatic heterocycles. The highest BCUT2D eigenvalue weighted by Crippen LogP contribution is 2.31. The third-order valence-electron chi connectivity index (χ3n) is 2.41. The van der Waals surface area contributed by atoms with Crippen molar-refractivity contribution in [3.05, 3.63) is 39.5 Å². The first-order chi connectivity index (χ1) is 10.3. The third kappa shape index (κ3) is 3.79. The number of methoxy groups -OCH3 is 2. The van der Waals surface area contributed by atoms with Gasteiger partial charge >= 0.3 is 11.9 Å². The summed E-state index contributed by atoms with van der Waals surface area (Å²) in [5.74, 6) is -4.19. The van der Waals surface area contributed by atoms with Gasteiger partial charge in [0.15, 0.2) is 5.82 Å². The lowest BCUT2D eigenvalue weighted by Gasteiger charge is -2.12. The van der Waals surface area contributed by atoms with Gasteiger partial charge in [0, 0.05) is 4.47 Å². The number of esters is 2. The van der Waals surface area contributed by atoms with Crippen LogP contribution in [-0.2, 0) is 19.1 Å². The van der Waals surface area contributed by atoms with E-state index in [2.05, 4.69) is 30.7 Å². The maximum absolute atomic E-state index is 14.1. The molecule has 0 heterocycles. The lowest BCUT2D eigenvalue weighted by molar-refractivity contribution is -0.138. The molecular formula is C13H9BrF2N2O4. The molecular weight excluding hydrogens is 366 g/mol. The van der Waals surface area contributed by atoms with Gasteiger partial charge in [0.05, 0.1) is 26.0 Å². The number of nitrogens with zero attached hydrogens (tertiary/aromatic N) is 1. The molecule has 0 amide bonds. The third-order valence-corrected chi connectivity index (χ3v) is 3.04. The summed E-state index contributed by atoms with van der Waals surface area (Å²) < 4.78 is 36.2. The average Bonchev–Trinajstić information content (AvgIpc) is 2.49. The van der Waals surface area contributed by atoms with Crippen LogP contribution < -0.4 is 5.32 Å². The number of hydrogen-bond acceptors (Lipinski definition) is 6. The molecule has 0 unspecified atom stereocenters. The Kier molecular flexibility index (Phi) is 6.00. The van der Waals surface area contributed by atoms with Crippen molar-refractivity contribution in [1.29, 1.82) is 5.26 Å². The highest BCUT2D eigenvalue weighted by molar-refractivity contribution is 9.10. The summed E-state index contributed by atoms with van der Waals surface area (Å²) in [7, 11) is 2.13. The molecule has 0 radical (unpaired) electrons. The Bertz CT molecular complexity index is 698. The molecule has 0 spiro atoms. The first-order valence-corrected chi connectivity index (χ1v) is 6.37. The van der Waals surface area contributed by atoms with Crippen LogP contribution in [0, 0.1) is 23.0 Å². The zero-order valence-electron chi connectivity index (χ0n) is 11.4. The van der Waals surface area contributed by atoms with E-state index in [0.29, 0.717) is 0 Å². The van der Waals surface area contributed by atoms with E-state index in [1.165, 1.54) is 6.07 Å². The number of benzene rings is 1. The van der Waals surface area contributed by atoms with Crippen molar-refractivity contribution in [3.8, 4) is 6.07 Å². The van der Waals surface area contributed by atoms with Gasteiger partial charge in [-0.05, 0) is 22.0 Å². The first kappa shape index (κ1) is 17.6. The summed E-state index contributed by atoms with van der Waals surface area (Å²) in [4.78, 5) is 22.8. The Labute approximate surface area is 132 Å². The van der Waals surface area contributed by atoms with Crippen molar-refractivity contribution in [3.63, 3.8) is 0 Å². The summed E-state index contributed by atoms with van der Waals surface area (Å²) in [6.07, 6.45) is 0.729. The maximum atomic E-state index is 14.1. The van der Waals surface area contributed by atoms with Gasteiger partial charge in [0.1, 0.15) is 23.1 Å². The fourth-order valence-electron chi connectivity index (χ4n) is 1.37. The fraction of sp³-hybridized carbons (Fsp3) is 0.154. The minimum absolute atomic E-state index is 0.0961. The normalized spacial score (nSPS) is 10.6. The van der Waals surface area contributed by atoms with Crippen LogP contribution in [0.1, 0.15) is 5.56 Å². The van der Waals surface area contributed by atoms with Crippen molar-refractivity contribution in [2.75, 3.05) is 19.5 Å². The molecule has 22 heavy (non-hydrogen) atoms. The van der Waals surface area contributed by atoms with E-state index < -0.39 is 40.5 Å². The topological polar surface area (TPSA) is 88.4 Å². The molecule has 0 aliphatic rings. The van der Waals surface area contributed by atoms with E-state index in [1.54, 1.807) is 0 Å². The van der Waals surface area contributed by atoms with Gasteiger partial charge in [-0.3, -0.25) is 0 Å². The van der Waals surface area contributed by atoms with Crippen LogP contribution >= 0.6 is 15.9 Å². The molecule has 0 aliphatic heterocycles. The average molecular weight is 375 g/mol. The van der Waals surface area contributed by atoms with Crippen LogP contribution in [0.4, 0.5) is 14.5 Å². The maximum Gasteiger partial charge on any atom is 0.354 e. The monoisotopic (exact) mass is 374 g/mol. The molecule has 116 valence electrons. The smallest absolute Gasteiger partial charge is 0.354 e. The second-order valence-corrected chi connectivity index (χ2v) is 4.57. The number of carbonyl (C=O) groups excluding carboxylic acids is 2. The lowest BCUT2D eigenvalue weighted by Crippen LogP contribution is -2.17. The van der Waals surface area contributed by atoms with E-state index in [1.807, 2.05) is 0 Å². The van der Waals surface area contributed by atoms with E-state index in [9.17, 15) is 18.4 Å². The van der Waals surface area contributed by atoms with Crippen LogP contribution in [0.25, 0.3) is 0 Å². The summed E-state index contributed by atoms with van der Waals surface area (Å²) >= 11 is 2.90. The predicted octanol–water partition coefficient (Wildman–Crippen LogP) is 2.24. The molecule has 9 heteroatoms. The number of nitriles is 1. The molecule has 0 aliphatic carbocycles. The Hall–Kier alpha value is -2.47. The zero-order valence-corrected chi connectivity index (χ0v) is 13.0. The van der Waals surface area contributed by atoms with Crippen LogP contribution in [0.2, 0.25) is 0 Å². The Balaban J connectivity index is 3.37. The second kappa shape index (κ2) is 7.51. The van der Waals surface area contributed by atoms with Gasteiger partial charge < -0.3 is 14.8 Å². The van der Waals surface area contributed by atoms with Crippen molar-refractivity contribution < 1.29 is 27.8 Å². The number of rotatable bonds is 4. The number of halogens is 3. The minimum Gasteiger partial charge on any atom is -0.466 e. The molecule has 0 fully saturated rings. The van der Waals surface area contributed by atoms with Crippen LogP contribution in [0.5, 0.6) is 0 Å². The fourth-order valence-corrected chi connectivity index (χ4v) is 1.85. The summed E-state index contributed by atoms with van der Waals surface area (Å²) in [6, 6.07) is 2.21. The van der Waals surface area contributed by atoms with E-state index in [-0.39, 0.29) is 4.47 Å². The van der Waals surface area contributed by atoms with Gasteiger partial charge in [0.2, 0.25) is 0 Å². The molecule has 1 aromatic carbocycles. The van der Waals surface area contributed by atoms with Crippen molar-refractivity contribution in [2.45, 2.75) is 0 Å². The van der Waals surface area contributed by atoms with Crippen molar-refractivity contribution in [2.24, 2.45) is 0 Å². The van der Waals surface area contributed by atoms with Crippen LogP contribution in [-0.4, -0.2) is 26.2 Å². The van der Waals surface area contributed by atoms with E-state index in [0.717, 1.165) is 26.4 Å². The van der Waals surface area contributed by atoms with Crippen LogP contribution in [0.3, 0.4) is 0 Å². The van der Waals surface area contributed by atoms with Gasteiger partial charge in [-0.15, -0.1) is 0 Å². The molecule has 0 atom stereocenters. The molecule has 0 saturated heterocycles. The summed E-state index contributed by atoms with van der Waals surface area (Å²) in [5.41, 5.74) is -1.70. The summed E-state index contributed by atoms with van der Waals surface area (Å²) in [6.45, 7) is 0. The largest absolute Gasteiger partial charge is 0.466 e. The van der Waals surface area contributed by atoms with Gasteiger partial charge in [0.25, 0.3) is 0 Å². The number of carbonyl (C=O) groups is 2. The molecule has 0 saturated carbocycles. The molecule has 6 nitrogen and oxygen atoms in total. The lowest BCUT2D eigenvalue weighted by atomic mass is 10.2. The predicted molar refractivity (Wildman–Crippen MR) is 74.5 cm³/mol. The number of anilines is 1. The molecule has 1 N–H and O–H groups in total. The van der Waals surface area contributed by atoms with Crippen molar-refractivity contribution in [1.82, 2.24) is 0 Å². The molecule has 1 rings (SSSR count). The Morgan fingerprint density at radius 3 is 2.50 bits per heavy atom. The SMILES string of the molecule is COC(=O)/C=C(/Nc1c(Br)cc(F)c(C#N)c1F)C(=O)OC. The Morgan fingerprint density at radius 2 is 2.00 bits per heavy atom. The van der Waals surface area contributed by atoms with Gasteiger partial charge in [-0.2, -0.15) is 5.26 Å². The standard InChI is InChI=1S/C13H9BrF2N2O4/c1-21-10(19)4-9(13(20)22-2)18-12-7(14)3-8(15)6(5-17)11(12)16/h3-4,18H,1-2H3/b9-4+. The molecule has 1 aromatic rings.